The number of hydrogen-bond donors (Lipinski definition) is 1. The molecule has 0 aliphatic heterocycles. The molecule has 1 amide bonds. The first-order valence-electron chi connectivity index (χ1n) is 5.47. The molecule has 1 aromatic rings. The first-order chi connectivity index (χ1) is 8.19. The lowest BCUT2D eigenvalue weighted by molar-refractivity contribution is -0.121. The van der Waals surface area contributed by atoms with E-state index >= 15 is 0 Å². The van der Waals surface area contributed by atoms with Crippen LogP contribution in [0.5, 0.6) is 0 Å². The van der Waals surface area contributed by atoms with E-state index in [1.54, 1.807) is 0 Å². The number of nitrogens with two attached hydrogens (primary N) is 1. The topological polar surface area (TPSA) is 76.1 Å². The highest BCUT2D eigenvalue weighted by molar-refractivity contribution is 5.74. The smallest absolute Gasteiger partial charge is 0.243 e. The van der Waals surface area contributed by atoms with Gasteiger partial charge in [0.1, 0.15) is 6.61 Å². The highest BCUT2D eigenvalue weighted by Crippen LogP contribution is 2.24. The van der Waals surface area contributed by atoms with E-state index in [9.17, 15) is 4.79 Å². The zero-order chi connectivity index (χ0) is 12.7. The molecule has 0 saturated carbocycles. The van der Waals surface area contributed by atoms with Crippen LogP contribution in [0, 0.1) is 11.3 Å². The van der Waals surface area contributed by atoms with E-state index in [1.165, 1.54) is 24.7 Å². The standard InChI is InChI=1S/C10H9N.C3H7NO2/c11-7-9-5-1-3-8-4-2-6-10(8)9;1-6-2-3(4)5/h1,3,5H,2,4,6H2;2H2,1H3,(H2,4,5). The molecule has 0 aromatic heterocycles. The first-order valence-corrected chi connectivity index (χ1v) is 5.47. The number of carbonyl (C=O) groups is 1. The van der Waals surface area contributed by atoms with Gasteiger partial charge in [0, 0.05) is 7.11 Å². The summed E-state index contributed by atoms with van der Waals surface area (Å²) in [7, 11) is 1.42. The van der Waals surface area contributed by atoms with Crippen molar-refractivity contribution in [2.75, 3.05) is 13.7 Å². The minimum Gasteiger partial charge on any atom is -0.375 e. The quantitative estimate of drug-likeness (QED) is 0.831. The molecule has 0 spiro atoms. The first kappa shape index (κ1) is 13.2. The van der Waals surface area contributed by atoms with Crippen LogP contribution in [0.3, 0.4) is 0 Å². The SMILES string of the molecule is COCC(N)=O.N#Cc1cccc2c1CCC2. The molecule has 2 N–H and O–H groups in total. The maximum absolute atomic E-state index is 9.70. The van der Waals surface area contributed by atoms with Gasteiger partial charge >= 0.3 is 0 Å². The summed E-state index contributed by atoms with van der Waals surface area (Å²) in [5, 5.41) is 8.75. The number of nitrogens with zero attached hydrogens (tertiary/aromatic N) is 1. The zero-order valence-electron chi connectivity index (χ0n) is 9.90. The van der Waals surface area contributed by atoms with Gasteiger partial charge < -0.3 is 10.5 Å². The molecule has 0 heterocycles. The monoisotopic (exact) mass is 232 g/mol. The number of rotatable bonds is 2. The van der Waals surface area contributed by atoms with Crippen molar-refractivity contribution in [2.45, 2.75) is 19.3 Å². The lowest BCUT2D eigenvalue weighted by atomic mass is 10.0. The minimum absolute atomic E-state index is 0.0139. The maximum atomic E-state index is 9.70. The molecule has 90 valence electrons. The van der Waals surface area contributed by atoms with Gasteiger partial charge in [-0.1, -0.05) is 12.1 Å². The molecule has 1 aliphatic carbocycles. The lowest BCUT2D eigenvalue weighted by Gasteiger charge is -1.98. The molecule has 0 radical (unpaired) electrons. The van der Waals surface area contributed by atoms with Crippen molar-refractivity contribution in [1.29, 1.82) is 5.26 Å². The molecule has 4 nitrogen and oxygen atoms in total. The van der Waals surface area contributed by atoms with Gasteiger partial charge in [-0.15, -0.1) is 0 Å². The van der Waals surface area contributed by atoms with E-state index in [1.807, 2.05) is 12.1 Å². The van der Waals surface area contributed by atoms with Gasteiger partial charge in [-0.2, -0.15) is 5.26 Å². The predicted octanol–water partition coefficient (Wildman–Crippen LogP) is 1.17. The van der Waals surface area contributed by atoms with E-state index in [-0.39, 0.29) is 6.61 Å². The van der Waals surface area contributed by atoms with Gasteiger partial charge in [0.15, 0.2) is 0 Å². The summed E-state index contributed by atoms with van der Waals surface area (Å²) in [6, 6.07) is 8.24. The molecule has 0 fully saturated rings. The van der Waals surface area contributed by atoms with Gasteiger partial charge in [-0.3, -0.25) is 4.79 Å². The minimum atomic E-state index is -0.433. The van der Waals surface area contributed by atoms with E-state index in [0.717, 1.165) is 18.4 Å². The van der Waals surface area contributed by atoms with E-state index in [4.69, 9.17) is 5.26 Å². The zero-order valence-corrected chi connectivity index (χ0v) is 9.90. The largest absolute Gasteiger partial charge is 0.375 e. The van der Waals surface area contributed by atoms with Crippen molar-refractivity contribution in [3.63, 3.8) is 0 Å². The van der Waals surface area contributed by atoms with Crippen LogP contribution in [-0.2, 0) is 22.4 Å². The van der Waals surface area contributed by atoms with E-state index in [0.29, 0.717) is 0 Å². The number of benzene rings is 1. The molecule has 0 unspecified atom stereocenters. The van der Waals surface area contributed by atoms with Crippen molar-refractivity contribution in [1.82, 2.24) is 0 Å². The number of nitriles is 1. The Hall–Kier alpha value is -1.86. The number of hydrogen-bond acceptors (Lipinski definition) is 3. The van der Waals surface area contributed by atoms with E-state index < -0.39 is 5.91 Å². The molecule has 1 aliphatic rings. The molecule has 0 atom stereocenters. The van der Waals surface area contributed by atoms with Crippen molar-refractivity contribution >= 4 is 5.91 Å². The Morgan fingerprint density at radius 2 is 2.29 bits per heavy atom. The maximum Gasteiger partial charge on any atom is 0.243 e. The van der Waals surface area contributed by atoms with Gasteiger partial charge in [0.25, 0.3) is 0 Å². The summed E-state index contributed by atoms with van der Waals surface area (Å²) in [6.45, 7) is 0.0139. The summed E-state index contributed by atoms with van der Waals surface area (Å²) in [5.41, 5.74) is 8.18. The summed E-state index contributed by atoms with van der Waals surface area (Å²) >= 11 is 0. The summed E-state index contributed by atoms with van der Waals surface area (Å²) < 4.78 is 4.33. The third kappa shape index (κ3) is 3.89. The fraction of sp³-hybridized carbons (Fsp3) is 0.385. The highest BCUT2D eigenvalue weighted by Gasteiger charge is 2.13. The molecular formula is C13H16N2O2. The summed E-state index contributed by atoms with van der Waals surface area (Å²) in [4.78, 5) is 9.70. The number of fused-ring (bicyclic) bond motifs is 1. The molecule has 2 rings (SSSR count). The van der Waals surface area contributed by atoms with Gasteiger partial charge in [-0.05, 0) is 36.5 Å². The van der Waals surface area contributed by atoms with Crippen LogP contribution in [0.2, 0.25) is 0 Å². The second kappa shape index (κ2) is 6.66. The number of amides is 1. The fourth-order valence-electron chi connectivity index (χ4n) is 1.87. The Labute approximate surface area is 101 Å². The number of methoxy groups -OCH3 is 1. The second-order valence-electron chi connectivity index (χ2n) is 3.81. The Morgan fingerprint density at radius 1 is 1.53 bits per heavy atom. The Kier molecular flexibility index (Phi) is 5.18. The molecule has 0 saturated heterocycles. The second-order valence-corrected chi connectivity index (χ2v) is 3.81. The average Bonchev–Trinajstić information content (AvgIpc) is 2.77. The lowest BCUT2D eigenvalue weighted by Crippen LogP contribution is -2.16. The Balaban J connectivity index is 0.000000209. The number of carbonyl (C=O) groups excluding carboxylic acids is 1. The number of primary amides is 1. The van der Waals surface area contributed by atoms with Gasteiger partial charge in [0.2, 0.25) is 5.91 Å². The van der Waals surface area contributed by atoms with Crippen molar-refractivity contribution in [3.8, 4) is 6.07 Å². The summed E-state index contributed by atoms with van der Waals surface area (Å²) in [6.07, 6.45) is 3.47. The van der Waals surface area contributed by atoms with Crippen molar-refractivity contribution in [2.24, 2.45) is 5.73 Å². The van der Waals surface area contributed by atoms with Gasteiger partial charge in [-0.25, -0.2) is 0 Å². The third-order valence-electron chi connectivity index (χ3n) is 2.55. The number of ether oxygens (including phenoxy) is 1. The highest BCUT2D eigenvalue weighted by atomic mass is 16.5. The molecule has 1 aromatic carbocycles. The van der Waals surface area contributed by atoms with E-state index in [2.05, 4.69) is 22.6 Å². The molecule has 0 bridgehead atoms. The Bertz CT molecular complexity index is 436. The normalized spacial score (nSPS) is 12.0. The van der Waals surface area contributed by atoms with Crippen LogP contribution in [0.4, 0.5) is 0 Å². The van der Waals surface area contributed by atoms with Crippen LogP contribution in [0.25, 0.3) is 0 Å². The molecule has 4 heteroatoms. The van der Waals surface area contributed by atoms with Crippen LogP contribution in [0.1, 0.15) is 23.1 Å². The summed E-state index contributed by atoms with van der Waals surface area (Å²) in [5.74, 6) is -0.433. The molecular weight excluding hydrogens is 216 g/mol. The van der Waals surface area contributed by atoms with Crippen LogP contribution in [0.15, 0.2) is 18.2 Å². The van der Waals surface area contributed by atoms with Crippen molar-refractivity contribution in [3.05, 3.63) is 34.9 Å². The Morgan fingerprint density at radius 3 is 2.82 bits per heavy atom. The number of aryl methyl sites for hydroxylation is 1. The fourth-order valence-corrected chi connectivity index (χ4v) is 1.87. The van der Waals surface area contributed by atoms with Crippen LogP contribution >= 0.6 is 0 Å². The average molecular weight is 232 g/mol. The van der Waals surface area contributed by atoms with Crippen LogP contribution in [-0.4, -0.2) is 19.6 Å². The molecule has 17 heavy (non-hydrogen) atoms. The van der Waals surface area contributed by atoms with Gasteiger partial charge in [0.05, 0.1) is 11.6 Å². The predicted molar refractivity (Wildman–Crippen MR) is 64.3 cm³/mol. The van der Waals surface area contributed by atoms with Crippen molar-refractivity contribution < 1.29 is 9.53 Å². The van der Waals surface area contributed by atoms with Crippen LogP contribution < -0.4 is 5.73 Å². The third-order valence-corrected chi connectivity index (χ3v) is 2.55.